The second-order valence-electron chi connectivity index (χ2n) is 2.00. The molecule has 0 atom stereocenters. The molecule has 0 fully saturated rings. The Morgan fingerprint density at radius 3 is 1.57 bits per heavy atom. The lowest BCUT2D eigenvalue weighted by atomic mass is 10.4. The van der Waals surface area contributed by atoms with E-state index in [1.54, 1.807) is 0 Å². The molecule has 4 nitrogen and oxygen atoms in total. The van der Waals surface area contributed by atoms with E-state index >= 15 is 0 Å². The van der Waals surface area contributed by atoms with Gasteiger partial charge >= 0.3 is 11.9 Å². The van der Waals surface area contributed by atoms with Gasteiger partial charge in [-0.25, -0.2) is 9.59 Å². The largest absolute Gasteiger partial charge is 0.466 e. The van der Waals surface area contributed by atoms with Crippen molar-refractivity contribution in [2.45, 2.75) is 0 Å². The van der Waals surface area contributed by atoms with E-state index in [1.807, 2.05) is 0 Å². The Morgan fingerprint density at radius 2 is 1.29 bits per heavy atom. The van der Waals surface area contributed by atoms with Gasteiger partial charge in [-0.3, -0.25) is 0 Å². The monoisotopic (exact) mass is 194 g/mol. The lowest BCUT2D eigenvalue weighted by molar-refractivity contribution is -0.135. The normalized spacial score (nSPS) is 9.57. The molecule has 0 bridgehead atoms. The van der Waals surface area contributed by atoms with Crippen molar-refractivity contribution in [1.82, 2.24) is 0 Å². The first-order valence-electron chi connectivity index (χ1n) is 3.70. The molecular formula is C10H10O4. The number of allylic oxidation sites excluding steroid dienone is 2. The zero-order valence-corrected chi connectivity index (χ0v) is 7.94. The van der Waals surface area contributed by atoms with Gasteiger partial charge in [0.25, 0.3) is 0 Å². The standard InChI is InChI=1S/C10H10O4/c1-13-9(11)7-5-3-4-6-8-10(12)14-2/h5-8H,1-2H3. The van der Waals surface area contributed by atoms with E-state index in [0.29, 0.717) is 0 Å². The van der Waals surface area contributed by atoms with Crippen molar-refractivity contribution in [2.24, 2.45) is 0 Å². The van der Waals surface area contributed by atoms with Crippen molar-refractivity contribution >= 4 is 11.9 Å². The summed E-state index contributed by atoms with van der Waals surface area (Å²) in [7, 11) is 2.55. The molecule has 0 unspecified atom stereocenters. The molecule has 0 spiro atoms. The van der Waals surface area contributed by atoms with E-state index in [9.17, 15) is 9.59 Å². The van der Waals surface area contributed by atoms with Gasteiger partial charge in [-0.2, -0.15) is 0 Å². The number of ether oxygens (including phenoxy) is 2. The van der Waals surface area contributed by atoms with E-state index in [-0.39, 0.29) is 0 Å². The van der Waals surface area contributed by atoms with Crippen LogP contribution in [0.2, 0.25) is 0 Å². The minimum Gasteiger partial charge on any atom is -0.466 e. The van der Waals surface area contributed by atoms with Crippen molar-refractivity contribution in [3.63, 3.8) is 0 Å². The maximum absolute atomic E-state index is 10.5. The molecule has 0 aromatic carbocycles. The van der Waals surface area contributed by atoms with E-state index in [2.05, 4.69) is 21.3 Å². The van der Waals surface area contributed by atoms with Crippen molar-refractivity contribution < 1.29 is 19.1 Å². The quantitative estimate of drug-likeness (QED) is 0.364. The van der Waals surface area contributed by atoms with Crippen LogP contribution in [0.1, 0.15) is 0 Å². The van der Waals surface area contributed by atoms with Crippen LogP contribution in [-0.4, -0.2) is 26.2 Å². The fourth-order valence-electron chi connectivity index (χ4n) is 0.452. The van der Waals surface area contributed by atoms with E-state index < -0.39 is 11.9 Å². The molecule has 4 heteroatoms. The van der Waals surface area contributed by atoms with Gasteiger partial charge in [0.05, 0.1) is 14.2 Å². The molecule has 0 saturated heterocycles. The smallest absolute Gasteiger partial charge is 0.331 e. The zero-order chi connectivity index (χ0) is 10.8. The Morgan fingerprint density at radius 1 is 0.929 bits per heavy atom. The van der Waals surface area contributed by atoms with Crippen molar-refractivity contribution in [3.8, 4) is 11.8 Å². The van der Waals surface area contributed by atoms with Crippen LogP contribution in [0.15, 0.2) is 24.3 Å². The summed E-state index contributed by atoms with van der Waals surface area (Å²) in [6.07, 6.45) is 5.01. The molecule has 0 aliphatic rings. The predicted octanol–water partition coefficient (Wildman–Crippen LogP) is 0.448. The maximum atomic E-state index is 10.5. The first-order chi connectivity index (χ1) is 6.70. The lowest BCUT2D eigenvalue weighted by Gasteiger charge is -1.85. The fourth-order valence-corrected chi connectivity index (χ4v) is 0.452. The Kier molecular flexibility index (Phi) is 6.52. The molecule has 0 heterocycles. The van der Waals surface area contributed by atoms with Crippen LogP contribution >= 0.6 is 0 Å². The summed E-state index contributed by atoms with van der Waals surface area (Å²) in [5, 5.41) is 0. The molecule has 14 heavy (non-hydrogen) atoms. The first kappa shape index (κ1) is 12.0. The average molecular weight is 194 g/mol. The third-order valence-corrected chi connectivity index (χ3v) is 1.09. The molecule has 0 rings (SSSR count). The molecule has 0 aromatic heterocycles. The number of hydrogen-bond acceptors (Lipinski definition) is 4. The van der Waals surface area contributed by atoms with Crippen LogP contribution < -0.4 is 0 Å². The van der Waals surface area contributed by atoms with Gasteiger partial charge < -0.3 is 9.47 Å². The highest BCUT2D eigenvalue weighted by molar-refractivity contribution is 5.83. The number of carbonyl (C=O) groups is 2. The SMILES string of the molecule is COC(=O)C=CC#CC=CC(=O)OC. The third-order valence-electron chi connectivity index (χ3n) is 1.09. The molecular weight excluding hydrogens is 184 g/mol. The van der Waals surface area contributed by atoms with Crippen LogP contribution in [0, 0.1) is 11.8 Å². The highest BCUT2D eigenvalue weighted by Crippen LogP contribution is 1.78. The molecule has 74 valence electrons. The molecule has 0 saturated carbocycles. The zero-order valence-electron chi connectivity index (χ0n) is 7.94. The van der Waals surface area contributed by atoms with Crippen LogP contribution in [0.3, 0.4) is 0 Å². The van der Waals surface area contributed by atoms with Gasteiger partial charge in [-0.05, 0) is 12.2 Å². The van der Waals surface area contributed by atoms with E-state index in [0.717, 1.165) is 0 Å². The van der Waals surface area contributed by atoms with Crippen molar-refractivity contribution in [1.29, 1.82) is 0 Å². The van der Waals surface area contributed by atoms with Gasteiger partial charge in [0.15, 0.2) is 0 Å². The molecule has 0 aliphatic heterocycles. The van der Waals surface area contributed by atoms with Gasteiger partial charge in [-0.1, -0.05) is 11.8 Å². The second-order valence-corrected chi connectivity index (χ2v) is 2.00. The number of carbonyl (C=O) groups excluding carboxylic acids is 2. The average Bonchev–Trinajstić information content (AvgIpc) is 2.22. The molecule has 0 radical (unpaired) electrons. The van der Waals surface area contributed by atoms with E-state index in [1.165, 1.54) is 38.5 Å². The van der Waals surface area contributed by atoms with Crippen LogP contribution in [0.25, 0.3) is 0 Å². The Labute approximate surface area is 82.2 Å². The van der Waals surface area contributed by atoms with Crippen molar-refractivity contribution in [3.05, 3.63) is 24.3 Å². The van der Waals surface area contributed by atoms with Crippen LogP contribution in [0.4, 0.5) is 0 Å². The summed E-state index contributed by atoms with van der Waals surface area (Å²) < 4.78 is 8.65. The fraction of sp³-hybridized carbons (Fsp3) is 0.200. The Hall–Kier alpha value is -2.02. The summed E-state index contributed by atoms with van der Waals surface area (Å²) in [6, 6.07) is 0. The lowest BCUT2D eigenvalue weighted by Crippen LogP contribution is -1.93. The maximum Gasteiger partial charge on any atom is 0.331 e. The topological polar surface area (TPSA) is 52.6 Å². The van der Waals surface area contributed by atoms with Crippen molar-refractivity contribution in [2.75, 3.05) is 14.2 Å². The number of hydrogen-bond donors (Lipinski definition) is 0. The van der Waals surface area contributed by atoms with Gasteiger partial charge in [0.1, 0.15) is 0 Å². The molecule has 0 aliphatic carbocycles. The number of rotatable bonds is 2. The number of esters is 2. The van der Waals surface area contributed by atoms with Gasteiger partial charge in [0, 0.05) is 12.2 Å². The summed E-state index contributed by atoms with van der Waals surface area (Å²) in [5.41, 5.74) is 0. The van der Waals surface area contributed by atoms with Gasteiger partial charge in [0.2, 0.25) is 0 Å². The summed E-state index contributed by atoms with van der Waals surface area (Å²) in [6.45, 7) is 0. The Balaban J connectivity index is 3.96. The highest BCUT2D eigenvalue weighted by Gasteiger charge is 1.87. The van der Waals surface area contributed by atoms with E-state index in [4.69, 9.17) is 0 Å². The van der Waals surface area contributed by atoms with Gasteiger partial charge in [-0.15, -0.1) is 0 Å². The molecule has 0 amide bonds. The summed E-state index contributed by atoms with van der Waals surface area (Å²) in [4.78, 5) is 21.1. The molecule has 0 aromatic rings. The minimum atomic E-state index is -0.476. The second kappa shape index (κ2) is 7.62. The number of methoxy groups -OCH3 is 2. The van der Waals surface area contributed by atoms with Crippen LogP contribution in [-0.2, 0) is 19.1 Å². The predicted molar refractivity (Wildman–Crippen MR) is 50.1 cm³/mol. The summed E-state index contributed by atoms with van der Waals surface area (Å²) >= 11 is 0. The minimum absolute atomic E-state index is 0.476. The highest BCUT2D eigenvalue weighted by atomic mass is 16.5. The summed E-state index contributed by atoms with van der Waals surface area (Å²) in [5.74, 6) is 4.06. The Bertz CT molecular complexity index is 285. The first-order valence-corrected chi connectivity index (χ1v) is 3.70. The van der Waals surface area contributed by atoms with Crippen LogP contribution in [0.5, 0.6) is 0 Å². The molecule has 0 N–H and O–H groups in total. The third kappa shape index (κ3) is 6.68.